The number of nitrogens with zero attached hydrogens (tertiary/aromatic N) is 4. The number of rotatable bonds is 4. The first-order valence-corrected chi connectivity index (χ1v) is 8.09. The molecule has 0 aromatic carbocycles. The lowest BCUT2D eigenvalue weighted by Gasteiger charge is -2.34. The van der Waals surface area contributed by atoms with Crippen LogP contribution in [0.4, 0.5) is 0 Å². The molecule has 1 N–H and O–H groups in total. The molecular formula is C15H26N4O3. The van der Waals surface area contributed by atoms with Gasteiger partial charge in [0.25, 0.3) is 0 Å². The molecule has 0 amide bonds. The predicted octanol–water partition coefficient (Wildman–Crippen LogP) is 0.429. The maximum absolute atomic E-state index is 10.5. The molecule has 0 radical (unpaired) electrons. The number of aliphatic hydroxyl groups is 1. The van der Waals surface area contributed by atoms with E-state index >= 15 is 0 Å². The summed E-state index contributed by atoms with van der Waals surface area (Å²) in [4.78, 5) is 2.34. The second-order valence-corrected chi connectivity index (χ2v) is 6.70. The second-order valence-electron chi connectivity index (χ2n) is 6.70. The molecule has 0 saturated carbocycles. The summed E-state index contributed by atoms with van der Waals surface area (Å²) < 4.78 is 12.8. The first-order valence-electron chi connectivity index (χ1n) is 8.09. The van der Waals surface area contributed by atoms with Crippen LogP contribution in [0.3, 0.4) is 0 Å². The van der Waals surface area contributed by atoms with E-state index < -0.39 is 5.60 Å². The Balaban J connectivity index is 1.57. The lowest BCUT2D eigenvalue weighted by atomic mass is 9.94. The Hall–Kier alpha value is -1.02. The predicted molar refractivity (Wildman–Crippen MR) is 80.3 cm³/mol. The molecule has 124 valence electrons. The van der Waals surface area contributed by atoms with E-state index in [1.165, 1.54) is 0 Å². The summed E-state index contributed by atoms with van der Waals surface area (Å²) in [5.74, 6) is 0. The van der Waals surface area contributed by atoms with Gasteiger partial charge in [0.1, 0.15) is 0 Å². The van der Waals surface area contributed by atoms with Gasteiger partial charge in [-0.15, -0.1) is 5.10 Å². The summed E-state index contributed by atoms with van der Waals surface area (Å²) >= 11 is 0. The van der Waals surface area contributed by atoms with Crippen molar-refractivity contribution in [2.24, 2.45) is 0 Å². The van der Waals surface area contributed by atoms with Gasteiger partial charge < -0.3 is 14.6 Å². The van der Waals surface area contributed by atoms with Crippen LogP contribution in [-0.2, 0) is 22.6 Å². The number of morpholine rings is 1. The Labute approximate surface area is 131 Å². The lowest BCUT2D eigenvalue weighted by molar-refractivity contribution is -0.0747. The summed E-state index contributed by atoms with van der Waals surface area (Å²) in [5.41, 5.74) is 0.225. The molecule has 7 heteroatoms. The summed E-state index contributed by atoms with van der Waals surface area (Å²) in [6, 6.07) is 0. The molecule has 0 bridgehead atoms. The Kier molecular flexibility index (Phi) is 4.77. The van der Waals surface area contributed by atoms with Gasteiger partial charge in [0.15, 0.2) is 0 Å². The van der Waals surface area contributed by atoms with Crippen molar-refractivity contribution in [2.45, 2.75) is 57.6 Å². The smallest absolute Gasteiger partial charge is 0.0967 e. The largest absolute Gasteiger partial charge is 0.388 e. The van der Waals surface area contributed by atoms with E-state index in [1.807, 2.05) is 6.20 Å². The summed E-state index contributed by atoms with van der Waals surface area (Å²) in [5, 5.41) is 18.9. The van der Waals surface area contributed by atoms with E-state index in [2.05, 4.69) is 29.1 Å². The van der Waals surface area contributed by atoms with Gasteiger partial charge in [0, 0.05) is 51.9 Å². The maximum Gasteiger partial charge on any atom is 0.0967 e. The van der Waals surface area contributed by atoms with Crippen molar-refractivity contribution in [3.8, 4) is 0 Å². The van der Waals surface area contributed by atoms with Crippen LogP contribution < -0.4 is 0 Å². The highest BCUT2D eigenvalue weighted by molar-refractivity contribution is 4.95. The van der Waals surface area contributed by atoms with Gasteiger partial charge in [-0.2, -0.15) is 0 Å². The minimum absolute atomic E-state index is 0.252. The standard InChI is InChI=1S/C15H26N4O3/c1-12-7-18(8-13(2)22-12)9-14-10-19(17-16-14)11-15(20)3-5-21-6-4-15/h10,12-13,20H,3-9,11H2,1-2H3/t12-,13+. The van der Waals surface area contributed by atoms with E-state index in [9.17, 15) is 5.11 Å². The normalized spacial score (nSPS) is 29.6. The third kappa shape index (κ3) is 4.04. The van der Waals surface area contributed by atoms with Crippen molar-refractivity contribution >= 4 is 0 Å². The minimum atomic E-state index is -0.717. The van der Waals surface area contributed by atoms with Gasteiger partial charge in [-0.3, -0.25) is 4.90 Å². The summed E-state index contributed by atoms with van der Waals surface area (Å²) in [6.45, 7) is 8.51. The molecule has 0 aliphatic carbocycles. The summed E-state index contributed by atoms with van der Waals surface area (Å²) in [7, 11) is 0. The highest BCUT2D eigenvalue weighted by Crippen LogP contribution is 2.22. The fraction of sp³-hybridized carbons (Fsp3) is 0.867. The van der Waals surface area contributed by atoms with Crippen molar-refractivity contribution in [1.29, 1.82) is 0 Å². The Morgan fingerprint density at radius 3 is 2.64 bits per heavy atom. The first-order chi connectivity index (χ1) is 10.5. The van der Waals surface area contributed by atoms with E-state index in [4.69, 9.17) is 9.47 Å². The Bertz CT molecular complexity index is 477. The van der Waals surface area contributed by atoms with Crippen molar-refractivity contribution in [2.75, 3.05) is 26.3 Å². The monoisotopic (exact) mass is 310 g/mol. The second kappa shape index (κ2) is 6.62. The topological polar surface area (TPSA) is 72.6 Å². The van der Waals surface area contributed by atoms with E-state index in [0.717, 1.165) is 25.3 Å². The number of ether oxygens (including phenoxy) is 2. The van der Waals surface area contributed by atoms with Gasteiger partial charge in [-0.1, -0.05) is 5.21 Å². The first kappa shape index (κ1) is 15.9. The van der Waals surface area contributed by atoms with Crippen molar-refractivity contribution in [3.63, 3.8) is 0 Å². The molecule has 2 atom stereocenters. The molecule has 2 fully saturated rings. The number of hydrogen-bond donors (Lipinski definition) is 1. The molecule has 22 heavy (non-hydrogen) atoms. The molecule has 3 heterocycles. The van der Waals surface area contributed by atoms with Gasteiger partial charge in [0.2, 0.25) is 0 Å². The maximum atomic E-state index is 10.5. The van der Waals surface area contributed by atoms with Crippen molar-refractivity contribution in [1.82, 2.24) is 19.9 Å². The van der Waals surface area contributed by atoms with Crippen LogP contribution in [0.2, 0.25) is 0 Å². The van der Waals surface area contributed by atoms with Gasteiger partial charge >= 0.3 is 0 Å². The molecule has 2 aliphatic rings. The quantitative estimate of drug-likeness (QED) is 0.869. The van der Waals surface area contributed by atoms with Crippen LogP contribution in [0.25, 0.3) is 0 Å². The Morgan fingerprint density at radius 1 is 1.27 bits per heavy atom. The van der Waals surface area contributed by atoms with Crippen LogP contribution in [0.15, 0.2) is 6.20 Å². The zero-order valence-electron chi connectivity index (χ0n) is 13.4. The van der Waals surface area contributed by atoms with Gasteiger partial charge in [0.05, 0.1) is 30.0 Å². The zero-order chi connectivity index (χ0) is 15.6. The van der Waals surface area contributed by atoms with Crippen LogP contribution in [0.1, 0.15) is 32.4 Å². The molecule has 1 aromatic rings. The van der Waals surface area contributed by atoms with Crippen molar-refractivity contribution < 1.29 is 14.6 Å². The van der Waals surface area contributed by atoms with Crippen molar-refractivity contribution in [3.05, 3.63) is 11.9 Å². The van der Waals surface area contributed by atoms with Crippen LogP contribution in [-0.4, -0.2) is 69.1 Å². The van der Waals surface area contributed by atoms with E-state index in [-0.39, 0.29) is 12.2 Å². The third-order valence-electron chi connectivity index (χ3n) is 4.35. The highest BCUT2D eigenvalue weighted by Gasteiger charge is 2.31. The Morgan fingerprint density at radius 2 is 1.95 bits per heavy atom. The zero-order valence-corrected chi connectivity index (χ0v) is 13.4. The van der Waals surface area contributed by atoms with E-state index in [1.54, 1.807) is 4.68 Å². The van der Waals surface area contributed by atoms with Crippen LogP contribution in [0.5, 0.6) is 0 Å². The molecule has 1 aromatic heterocycles. The molecule has 0 unspecified atom stereocenters. The van der Waals surface area contributed by atoms with E-state index in [0.29, 0.717) is 32.6 Å². The average molecular weight is 310 g/mol. The average Bonchev–Trinajstić information content (AvgIpc) is 2.84. The molecule has 2 saturated heterocycles. The number of hydrogen-bond acceptors (Lipinski definition) is 6. The third-order valence-corrected chi connectivity index (χ3v) is 4.35. The fourth-order valence-corrected chi connectivity index (χ4v) is 3.34. The molecule has 3 rings (SSSR count). The van der Waals surface area contributed by atoms with Crippen LogP contribution >= 0.6 is 0 Å². The molecule has 0 spiro atoms. The molecule has 7 nitrogen and oxygen atoms in total. The molecule has 2 aliphatic heterocycles. The molecular weight excluding hydrogens is 284 g/mol. The minimum Gasteiger partial charge on any atom is -0.388 e. The van der Waals surface area contributed by atoms with Gasteiger partial charge in [-0.25, -0.2) is 4.68 Å². The summed E-state index contributed by atoms with van der Waals surface area (Å²) in [6.07, 6.45) is 3.75. The number of aromatic nitrogens is 3. The van der Waals surface area contributed by atoms with Crippen LogP contribution in [0, 0.1) is 0 Å². The van der Waals surface area contributed by atoms with Gasteiger partial charge in [-0.05, 0) is 13.8 Å². The highest BCUT2D eigenvalue weighted by atomic mass is 16.5. The fourth-order valence-electron chi connectivity index (χ4n) is 3.34. The SMILES string of the molecule is C[C@@H]1CN(Cc2cn(CC3(O)CCOCC3)nn2)C[C@H](C)O1. The lowest BCUT2D eigenvalue weighted by Crippen LogP contribution is -2.44.